The third-order valence-corrected chi connectivity index (χ3v) is 5.55. The van der Waals surface area contributed by atoms with Gasteiger partial charge in [0.05, 0.1) is 11.4 Å². The lowest BCUT2D eigenvalue weighted by Gasteiger charge is -2.17. The number of carbonyl (C=O) groups excluding carboxylic acids is 1. The lowest BCUT2D eigenvalue weighted by atomic mass is 10.2. The summed E-state index contributed by atoms with van der Waals surface area (Å²) in [6.07, 6.45) is -4.68. The molecule has 1 amide bonds. The molecule has 0 unspecified atom stereocenters. The molecule has 0 aromatic heterocycles. The van der Waals surface area contributed by atoms with Crippen LogP contribution in [0.15, 0.2) is 59.5 Å². The van der Waals surface area contributed by atoms with Gasteiger partial charge < -0.3 is 4.74 Å². The molecule has 1 aliphatic heterocycles. The van der Waals surface area contributed by atoms with Crippen LogP contribution in [0.4, 0.5) is 13.2 Å². The van der Waals surface area contributed by atoms with E-state index in [-0.39, 0.29) is 24.5 Å². The average molecular weight is 430 g/mol. The van der Waals surface area contributed by atoms with Crippen LogP contribution in [0, 0.1) is 0 Å². The van der Waals surface area contributed by atoms with E-state index in [4.69, 9.17) is 4.84 Å². The molecule has 3 rings (SSSR count). The second-order valence-corrected chi connectivity index (χ2v) is 7.90. The summed E-state index contributed by atoms with van der Waals surface area (Å²) >= 11 is 0. The van der Waals surface area contributed by atoms with E-state index in [2.05, 4.69) is 9.46 Å². The van der Waals surface area contributed by atoms with Crippen LogP contribution in [-0.2, 0) is 26.3 Å². The zero-order valence-corrected chi connectivity index (χ0v) is 15.7. The average Bonchev–Trinajstić information content (AvgIpc) is 2.99. The van der Waals surface area contributed by atoms with Crippen LogP contribution in [0.2, 0.25) is 0 Å². The monoisotopic (exact) mass is 430 g/mol. The molecule has 0 bridgehead atoms. The van der Waals surface area contributed by atoms with Gasteiger partial charge in [-0.05, 0) is 36.2 Å². The molecular weight excluding hydrogens is 413 g/mol. The summed E-state index contributed by atoms with van der Waals surface area (Å²) in [5, 5.41) is 1.10. The highest BCUT2D eigenvalue weighted by molar-refractivity contribution is 7.89. The van der Waals surface area contributed by atoms with E-state index in [1.807, 2.05) is 30.3 Å². The minimum Gasteiger partial charge on any atom is -0.406 e. The molecular formula is C18H17F3N2O5S. The highest BCUT2D eigenvalue weighted by Crippen LogP contribution is 2.24. The van der Waals surface area contributed by atoms with Crippen LogP contribution in [0.3, 0.4) is 0 Å². The van der Waals surface area contributed by atoms with Crippen molar-refractivity contribution in [3.8, 4) is 5.75 Å². The first kappa shape index (κ1) is 21.1. The summed E-state index contributed by atoms with van der Waals surface area (Å²) in [4.78, 5) is 17.5. The first-order valence-corrected chi connectivity index (χ1v) is 9.99. The lowest BCUT2D eigenvalue weighted by Crippen LogP contribution is -2.41. The van der Waals surface area contributed by atoms with Crippen LogP contribution >= 0.6 is 0 Å². The molecule has 1 aliphatic rings. The minimum absolute atomic E-state index is 0.159. The second-order valence-electron chi connectivity index (χ2n) is 6.18. The molecule has 2 aromatic carbocycles. The first-order chi connectivity index (χ1) is 13.6. The molecule has 1 atom stereocenters. The van der Waals surface area contributed by atoms with Crippen LogP contribution in [0.25, 0.3) is 0 Å². The molecule has 1 saturated heterocycles. The van der Waals surface area contributed by atoms with Crippen molar-refractivity contribution in [2.75, 3.05) is 6.54 Å². The SMILES string of the molecule is O=C1[C@H](NS(=O)(=O)c2ccc(OC(F)(F)F)cc2)CCN1OCc1ccccc1. The molecule has 0 aliphatic carbocycles. The Morgan fingerprint density at radius 1 is 1.07 bits per heavy atom. The van der Waals surface area contributed by atoms with Gasteiger partial charge in [-0.3, -0.25) is 9.63 Å². The Kier molecular flexibility index (Phi) is 6.10. The third kappa shape index (κ3) is 5.68. The molecule has 2 aromatic rings. The van der Waals surface area contributed by atoms with Crippen LogP contribution in [-0.4, -0.2) is 38.3 Å². The number of nitrogens with one attached hydrogen (secondary N) is 1. The van der Waals surface area contributed by atoms with Crippen molar-refractivity contribution in [2.24, 2.45) is 0 Å². The van der Waals surface area contributed by atoms with Crippen molar-refractivity contribution in [2.45, 2.75) is 30.3 Å². The first-order valence-electron chi connectivity index (χ1n) is 8.50. The predicted molar refractivity (Wildman–Crippen MR) is 94.8 cm³/mol. The number of ether oxygens (including phenoxy) is 1. The number of hydrogen-bond acceptors (Lipinski definition) is 5. The fourth-order valence-electron chi connectivity index (χ4n) is 2.69. The van der Waals surface area contributed by atoms with Crippen molar-refractivity contribution in [3.05, 3.63) is 60.2 Å². The van der Waals surface area contributed by atoms with Gasteiger partial charge in [-0.2, -0.15) is 4.72 Å². The topological polar surface area (TPSA) is 84.9 Å². The van der Waals surface area contributed by atoms with Gasteiger partial charge in [-0.15, -0.1) is 13.2 Å². The molecule has 1 N–H and O–H groups in total. The Labute approximate surface area is 165 Å². The number of nitrogens with zero attached hydrogens (tertiary/aromatic N) is 1. The van der Waals surface area contributed by atoms with Crippen LogP contribution in [0.5, 0.6) is 5.75 Å². The fraction of sp³-hybridized carbons (Fsp3) is 0.278. The number of halogens is 3. The van der Waals surface area contributed by atoms with Gasteiger partial charge >= 0.3 is 6.36 Å². The number of hydroxylamine groups is 2. The van der Waals surface area contributed by atoms with E-state index < -0.39 is 34.1 Å². The minimum atomic E-state index is -4.88. The van der Waals surface area contributed by atoms with Crippen LogP contribution < -0.4 is 9.46 Å². The summed E-state index contributed by atoms with van der Waals surface area (Å²) in [7, 11) is -4.12. The van der Waals surface area contributed by atoms with E-state index in [1.54, 1.807) is 0 Å². The molecule has 156 valence electrons. The fourth-order valence-corrected chi connectivity index (χ4v) is 3.92. The highest BCUT2D eigenvalue weighted by atomic mass is 32.2. The van der Waals surface area contributed by atoms with Gasteiger partial charge in [0.15, 0.2) is 0 Å². The number of hydrogen-bond donors (Lipinski definition) is 1. The third-order valence-electron chi connectivity index (χ3n) is 4.06. The summed E-state index contributed by atoms with van der Waals surface area (Å²) in [6.45, 7) is 0.365. The molecule has 0 radical (unpaired) electrons. The number of alkyl halides is 3. The van der Waals surface area contributed by atoms with Crippen molar-refractivity contribution in [1.29, 1.82) is 0 Å². The molecule has 7 nitrogen and oxygen atoms in total. The maximum absolute atomic E-state index is 12.4. The number of sulfonamides is 1. The molecule has 11 heteroatoms. The number of amides is 1. The van der Waals surface area contributed by atoms with Gasteiger partial charge in [0.25, 0.3) is 5.91 Å². The van der Waals surface area contributed by atoms with Crippen LogP contribution in [0.1, 0.15) is 12.0 Å². The zero-order chi connectivity index (χ0) is 21.1. The Morgan fingerprint density at radius 3 is 2.34 bits per heavy atom. The van der Waals surface area contributed by atoms with E-state index >= 15 is 0 Å². The van der Waals surface area contributed by atoms with E-state index in [0.29, 0.717) is 0 Å². The highest BCUT2D eigenvalue weighted by Gasteiger charge is 2.36. The van der Waals surface area contributed by atoms with Crippen molar-refractivity contribution in [1.82, 2.24) is 9.79 Å². The zero-order valence-electron chi connectivity index (χ0n) is 14.9. The van der Waals surface area contributed by atoms with E-state index in [0.717, 1.165) is 34.9 Å². The number of benzene rings is 2. The lowest BCUT2D eigenvalue weighted by molar-refractivity contribution is -0.274. The Morgan fingerprint density at radius 2 is 1.72 bits per heavy atom. The van der Waals surface area contributed by atoms with Gasteiger partial charge in [0.2, 0.25) is 10.0 Å². The molecule has 0 saturated carbocycles. The second kappa shape index (κ2) is 8.39. The standard InChI is InChI=1S/C18H17F3N2O5S/c19-18(20,21)28-14-6-8-15(9-7-14)29(25,26)22-16-10-11-23(17(16)24)27-12-13-4-2-1-3-5-13/h1-9,16,22H,10-12H2/t16-/m1/s1. The Bertz CT molecular complexity index is 950. The Balaban J connectivity index is 1.59. The largest absolute Gasteiger partial charge is 0.573 e. The molecule has 1 fully saturated rings. The summed E-state index contributed by atoms with van der Waals surface area (Å²) in [5.41, 5.74) is 0.852. The smallest absolute Gasteiger partial charge is 0.406 e. The molecule has 29 heavy (non-hydrogen) atoms. The van der Waals surface area contributed by atoms with Crippen molar-refractivity contribution in [3.63, 3.8) is 0 Å². The van der Waals surface area contributed by atoms with Gasteiger partial charge in [0, 0.05) is 0 Å². The van der Waals surface area contributed by atoms with Crippen molar-refractivity contribution >= 4 is 15.9 Å². The molecule has 0 spiro atoms. The van der Waals surface area contributed by atoms with Gasteiger partial charge in [-0.1, -0.05) is 30.3 Å². The predicted octanol–water partition coefficient (Wildman–Crippen LogP) is 2.60. The summed E-state index contributed by atoms with van der Waals surface area (Å²) in [6, 6.07) is 11.8. The maximum atomic E-state index is 12.4. The summed E-state index contributed by atoms with van der Waals surface area (Å²) < 4.78 is 67.4. The van der Waals surface area contributed by atoms with Gasteiger partial charge in [0.1, 0.15) is 18.4 Å². The van der Waals surface area contributed by atoms with Crippen molar-refractivity contribution < 1.29 is 36.0 Å². The quantitative estimate of drug-likeness (QED) is 0.730. The van der Waals surface area contributed by atoms with E-state index in [9.17, 15) is 26.4 Å². The normalized spacial score (nSPS) is 17.6. The maximum Gasteiger partial charge on any atom is 0.573 e. The Hall–Kier alpha value is -2.63. The van der Waals surface area contributed by atoms with Gasteiger partial charge in [-0.25, -0.2) is 13.5 Å². The van der Waals surface area contributed by atoms with E-state index in [1.165, 1.54) is 0 Å². The summed E-state index contributed by atoms with van der Waals surface area (Å²) in [5.74, 6) is -1.09. The molecule has 1 heterocycles. The number of carbonyl (C=O) groups is 1. The number of rotatable bonds is 7.